The molecular weight excluding hydrogens is 198 g/mol. The molecule has 1 amide bonds. The van der Waals surface area contributed by atoms with Crippen LogP contribution in [0.3, 0.4) is 0 Å². The van der Waals surface area contributed by atoms with Gasteiger partial charge in [-0.2, -0.15) is 0 Å². The second-order valence-corrected chi connectivity index (χ2v) is 5.60. The Labute approximate surface area is 97.1 Å². The van der Waals surface area contributed by atoms with Crippen molar-refractivity contribution in [3.63, 3.8) is 0 Å². The maximum atomic E-state index is 11.9. The third-order valence-corrected chi connectivity index (χ3v) is 2.85. The van der Waals surface area contributed by atoms with Crippen molar-refractivity contribution in [2.45, 2.75) is 38.6 Å². The summed E-state index contributed by atoms with van der Waals surface area (Å²) in [4.78, 5) is 11.9. The lowest BCUT2D eigenvalue weighted by molar-refractivity contribution is -0.123. The molecule has 86 valence electrons. The number of amides is 1. The predicted octanol–water partition coefficient (Wildman–Crippen LogP) is 2.70. The highest BCUT2D eigenvalue weighted by Gasteiger charge is 2.44. The van der Waals surface area contributed by atoms with E-state index in [1.54, 1.807) is 0 Å². The molecule has 1 aromatic carbocycles. The van der Waals surface area contributed by atoms with Crippen molar-refractivity contribution in [3.05, 3.63) is 35.9 Å². The molecule has 0 saturated heterocycles. The number of nitrogens with one attached hydrogen (secondary N) is 1. The Morgan fingerprint density at radius 3 is 2.44 bits per heavy atom. The lowest BCUT2D eigenvalue weighted by Crippen LogP contribution is -2.41. The van der Waals surface area contributed by atoms with Crippen molar-refractivity contribution >= 4 is 5.91 Å². The van der Waals surface area contributed by atoms with E-state index in [1.807, 2.05) is 39.0 Å². The van der Waals surface area contributed by atoms with Gasteiger partial charge in [0.2, 0.25) is 5.91 Å². The predicted molar refractivity (Wildman–Crippen MR) is 65.2 cm³/mol. The van der Waals surface area contributed by atoms with Gasteiger partial charge in [-0.1, -0.05) is 30.3 Å². The molecule has 0 heterocycles. The van der Waals surface area contributed by atoms with Crippen LogP contribution in [0.15, 0.2) is 30.3 Å². The van der Waals surface area contributed by atoms with Gasteiger partial charge in [-0.3, -0.25) is 4.79 Å². The Morgan fingerprint density at radius 2 is 1.88 bits per heavy atom. The summed E-state index contributed by atoms with van der Waals surface area (Å²) in [6.07, 6.45) is 0.992. The third-order valence-electron chi connectivity index (χ3n) is 2.85. The average Bonchev–Trinajstić information content (AvgIpc) is 2.96. The topological polar surface area (TPSA) is 29.1 Å². The summed E-state index contributed by atoms with van der Waals surface area (Å²) in [5.41, 5.74) is 1.16. The summed E-state index contributed by atoms with van der Waals surface area (Å²) < 4.78 is 0. The zero-order valence-corrected chi connectivity index (χ0v) is 10.2. The molecule has 1 fully saturated rings. The van der Waals surface area contributed by atoms with Crippen LogP contribution in [0.1, 0.15) is 38.7 Å². The van der Waals surface area contributed by atoms with Gasteiger partial charge in [0.15, 0.2) is 0 Å². The van der Waals surface area contributed by atoms with Gasteiger partial charge in [-0.05, 0) is 38.7 Å². The van der Waals surface area contributed by atoms with Crippen LogP contribution in [0.2, 0.25) is 0 Å². The fraction of sp³-hybridized carbons (Fsp3) is 0.500. The maximum Gasteiger partial charge on any atom is 0.224 e. The number of benzene rings is 1. The minimum Gasteiger partial charge on any atom is -0.351 e. The first-order valence-corrected chi connectivity index (χ1v) is 5.84. The Balaban J connectivity index is 1.95. The van der Waals surface area contributed by atoms with Crippen molar-refractivity contribution in [3.8, 4) is 0 Å². The zero-order chi connectivity index (χ0) is 11.8. The number of carbonyl (C=O) groups is 1. The molecule has 2 atom stereocenters. The third kappa shape index (κ3) is 2.63. The lowest BCUT2D eigenvalue weighted by Gasteiger charge is -2.20. The molecule has 1 saturated carbocycles. The van der Waals surface area contributed by atoms with E-state index in [1.165, 1.54) is 5.56 Å². The number of carbonyl (C=O) groups excluding carboxylic acids is 1. The molecule has 0 spiro atoms. The molecule has 1 aromatic rings. The molecule has 0 radical (unpaired) electrons. The smallest absolute Gasteiger partial charge is 0.224 e. The van der Waals surface area contributed by atoms with Gasteiger partial charge >= 0.3 is 0 Å². The van der Waals surface area contributed by atoms with E-state index in [4.69, 9.17) is 0 Å². The normalized spacial score (nSPS) is 23.9. The van der Waals surface area contributed by atoms with Crippen LogP contribution in [0.25, 0.3) is 0 Å². The summed E-state index contributed by atoms with van der Waals surface area (Å²) in [5.74, 6) is 0.812. The molecule has 0 unspecified atom stereocenters. The maximum absolute atomic E-state index is 11.9. The number of hydrogen-bond donors (Lipinski definition) is 1. The van der Waals surface area contributed by atoms with Crippen molar-refractivity contribution in [2.24, 2.45) is 5.92 Å². The van der Waals surface area contributed by atoms with Crippen molar-refractivity contribution in [1.82, 2.24) is 5.32 Å². The summed E-state index contributed by atoms with van der Waals surface area (Å²) >= 11 is 0. The molecule has 2 nitrogen and oxygen atoms in total. The van der Waals surface area contributed by atoms with Crippen LogP contribution >= 0.6 is 0 Å². The summed E-state index contributed by atoms with van der Waals surface area (Å²) in [6.45, 7) is 6.06. The molecule has 16 heavy (non-hydrogen) atoms. The van der Waals surface area contributed by atoms with Crippen LogP contribution in [0.5, 0.6) is 0 Å². The molecule has 2 heteroatoms. The fourth-order valence-electron chi connectivity index (χ4n) is 2.02. The van der Waals surface area contributed by atoms with Crippen molar-refractivity contribution in [1.29, 1.82) is 0 Å². The van der Waals surface area contributed by atoms with Gasteiger partial charge in [0, 0.05) is 11.5 Å². The first-order chi connectivity index (χ1) is 7.47. The highest BCUT2D eigenvalue weighted by atomic mass is 16.2. The zero-order valence-electron chi connectivity index (χ0n) is 10.2. The molecule has 0 aliphatic heterocycles. The molecule has 1 N–H and O–H groups in total. The largest absolute Gasteiger partial charge is 0.351 e. The Bertz CT molecular complexity index is 377. The standard InChI is InChI=1S/C14H19NO/c1-14(2,3)15-13(16)12-9-11(12)10-7-5-4-6-8-10/h4-8,11-12H,9H2,1-3H3,(H,15,16)/t11-,12-/m0/s1. The molecule has 0 aromatic heterocycles. The summed E-state index contributed by atoms with van der Waals surface area (Å²) in [5, 5.41) is 3.04. The molecule has 0 bridgehead atoms. The van der Waals surface area contributed by atoms with E-state index >= 15 is 0 Å². The fourth-order valence-corrected chi connectivity index (χ4v) is 2.02. The van der Waals surface area contributed by atoms with Gasteiger partial charge in [0.05, 0.1) is 0 Å². The Kier molecular flexibility index (Phi) is 2.75. The van der Waals surface area contributed by atoms with Crippen LogP contribution in [0.4, 0.5) is 0 Å². The first kappa shape index (κ1) is 11.2. The first-order valence-electron chi connectivity index (χ1n) is 5.84. The van der Waals surface area contributed by atoms with E-state index in [0.29, 0.717) is 5.92 Å². The molecular formula is C14H19NO. The summed E-state index contributed by atoms with van der Waals surface area (Å²) in [6, 6.07) is 10.3. The molecule has 1 aliphatic rings. The van der Waals surface area contributed by atoms with E-state index in [2.05, 4.69) is 17.4 Å². The van der Waals surface area contributed by atoms with E-state index in [0.717, 1.165) is 6.42 Å². The van der Waals surface area contributed by atoms with Gasteiger partial charge < -0.3 is 5.32 Å². The van der Waals surface area contributed by atoms with Crippen molar-refractivity contribution < 1.29 is 4.79 Å². The molecule has 2 rings (SSSR count). The minimum atomic E-state index is -0.124. The van der Waals surface area contributed by atoms with E-state index in [9.17, 15) is 4.79 Å². The van der Waals surface area contributed by atoms with Crippen LogP contribution in [0, 0.1) is 5.92 Å². The van der Waals surface area contributed by atoms with Gasteiger partial charge in [0.1, 0.15) is 0 Å². The second kappa shape index (κ2) is 3.93. The quantitative estimate of drug-likeness (QED) is 0.810. The second-order valence-electron chi connectivity index (χ2n) is 5.60. The van der Waals surface area contributed by atoms with Gasteiger partial charge in [-0.15, -0.1) is 0 Å². The van der Waals surface area contributed by atoms with Crippen LogP contribution in [-0.4, -0.2) is 11.4 Å². The summed E-state index contributed by atoms with van der Waals surface area (Å²) in [7, 11) is 0. The van der Waals surface area contributed by atoms with Crippen LogP contribution < -0.4 is 5.32 Å². The Morgan fingerprint density at radius 1 is 1.25 bits per heavy atom. The monoisotopic (exact) mass is 217 g/mol. The van der Waals surface area contributed by atoms with Crippen LogP contribution in [-0.2, 0) is 4.79 Å². The average molecular weight is 217 g/mol. The minimum absolute atomic E-state index is 0.124. The number of rotatable bonds is 2. The number of hydrogen-bond acceptors (Lipinski definition) is 1. The Hall–Kier alpha value is -1.31. The highest BCUT2D eigenvalue weighted by Crippen LogP contribution is 2.47. The SMILES string of the molecule is CC(C)(C)NC(=O)[C@H]1C[C@H]1c1ccccc1. The van der Waals surface area contributed by atoms with E-state index < -0.39 is 0 Å². The highest BCUT2D eigenvalue weighted by molar-refractivity contribution is 5.83. The molecule has 1 aliphatic carbocycles. The van der Waals surface area contributed by atoms with Crippen molar-refractivity contribution in [2.75, 3.05) is 0 Å². The lowest BCUT2D eigenvalue weighted by atomic mass is 10.1. The van der Waals surface area contributed by atoms with Gasteiger partial charge in [-0.25, -0.2) is 0 Å². The van der Waals surface area contributed by atoms with Gasteiger partial charge in [0.25, 0.3) is 0 Å². The van der Waals surface area contributed by atoms with E-state index in [-0.39, 0.29) is 17.4 Å².